The molecule has 0 spiro atoms. The summed E-state index contributed by atoms with van der Waals surface area (Å²) in [7, 11) is 0. The van der Waals surface area contributed by atoms with Gasteiger partial charge in [0, 0.05) is 10.7 Å². The first-order chi connectivity index (χ1) is 9.21. The van der Waals surface area contributed by atoms with Crippen molar-refractivity contribution in [2.24, 2.45) is 0 Å². The molecule has 19 heavy (non-hydrogen) atoms. The van der Waals surface area contributed by atoms with Crippen LogP contribution in [0.1, 0.15) is 18.4 Å². The SMILES string of the molecule is O=C(Nc1cccc(Cl)c1)C1(c2ccccc2)CC1. The highest BCUT2D eigenvalue weighted by molar-refractivity contribution is 6.30. The lowest BCUT2D eigenvalue weighted by atomic mass is 9.95. The van der Waals surface area contributed by atoms with E-state index in [9.17, 15) is 4.79 Å². The minimum Gasteiger partial charge on any atom is -0.325 e. The molecule has 0 radical (unpaired) electrons. The number of benzene rings is 2. The first-order valence-electron chi connectivity index (χ1n) is 6.33. The van der Waals surface area contributed by atoms with Crippen LogP contribution in [0, 0.1) is 0 Å². The van der Waals surface area contributed by atoms with Crippen molar-refractivity contribution in [2.75, 3.05) is 5.32 Å². The lowest BCUT2D eigenvalue weighted by Crippen LogP contribution is -2.27. The third-order valence-electron chi connectivity index (χ3n) is 3.59. The number of nitrogens with one attached hydrogen (secondary N) is 1. The van der Waals surface area contributed by atoms with E-state index in [1.165, 1.54) is 0 Å². The summed E-state index contributed by atoms with van der Waals surface area (Å²) in [5.74, 6) is 0.0565. The Morgan fingerprint density at radius 1 is 1.05 bits per heavy atom. The number of hydrogen-bond donors (Lipinski definition) is 1. The molecular formula is C16H14ClNO. The Morgan fingerprint density at radius 2 is 1.79 bits per heavy atom. The van der Waals surface area contributed by atoms with E-state index in [4.69, 9.17) is 11.6 Å². The first-order valence-corrected chi connectivity index (χ1v) is 6.71. The van der Waals surface area contributed by atoms with E-state index in [1.54, 1.807) is 12.1 Å². The van der Waals surface area contributed by atoms with Gasteiger partial charge in [-0.25, -0.2) is 0 Å². The van der Waals surface area contributed by atoms with Crippen LogP contribution >= 0.6 is 11.6 Å². The molecule has 0 aliphatic heterocycles. The van der Waals surface area contributed by atoms with Gasteiger partial charge in [-0.3, -0.25) is 4.79 Å². The molecule has 0 aromatic heterocycles. The normalized spacial score (nSPS) is 15.8. The lowest BCUT2D eigenvalue weighted by molar-refractivity contribution is -0.118. The highest BCUT2D eigenvalue weighted by atomic mass is 35.5. The van der Waals surface area contributed by atoms with Gasteiger partial charge >= 0.3 is 0 Å². The summed E-state index contributed by atoms with van der Waals surface area (Å²) in [6, 6.07) is 17.2. The summed E-state index contributed by atoms with van der Waals surface area (Å²) in [5.41, 5.74) is 1.50. The molecule has 1 N–H and O–H groups in total. The van der Waals surface area contributed by atoms with E-state index in [2.05, 4.69) is 5.32 Å². The Hall–Kier alpha value is -1.80. The second kappa shape index (κ2) is 4.71. The van der Waals surface area contributed by atoms with Crippen molar-refractivity contribution in [3.63, 3.8) is 0 Å². The maximum atomic E-state index is 12.5. The molecule has 0 heterocycles. The molecule has 0 atom stereocenters. The average Bonchev–Trinajstić information content (AvgIpc) is 3.21. The lowest BCUT2D eigenvalue weighted by Gasteiger charge is -2.15. The molecule has 0 saturated heterocycles. The summed E-state index contributed by atoms with van der Waals surface area (Å²) in [5, 5.41) is 3.59. The van der Waals surface area contributed by atoms with Crippen molar-refractivity contribution >= 4 is 23.2 Å². The Balaban J connectivity index is 1.82. The highest BCUT2D eigenvalue weighted by Crippen LogP contribution is 2.48. The second-order valence-corrected chi connectivity index (χ2v) is 5.35. The summed E-state index contributed by atoms with van der Waals surface area (Å²) in [6.45, 7) is 0. The molecule has 0 bridgehead atoms. The van der Waals surface area contributed by atoms with Crippen LogP contribution in [0.25, 0.3) is 0 Å². The van der Waals surface area contributed by atoms with Crippen LogP contribution in [0.5, 0.6) is 0 Å². The summed E-state index contributed by atoms with van der Waals surface area (Å²) in [4.78, 5) is 12.5. The van der Waals surface area contributed by atoms with E-state index >= 15 is 0 Å². The van der Waals surface area contributed by atoms with Crippen molar-refractivity contribution in [1.82, 2.24) is 0 Å². The van der Waals surface area contributed by atoms with Crippen LogP contribution < -0.4 is 5.32 Å². The number of carbonyl (C=O) groups excluding carboxylic acids is 1. The van der Waals surface area contributed by atoms with Gasteiger partial charge < -0.3 is 5.32 Å². The van der Waals surface area contributed by atoms with Gasteiger partial charge in [0.2, 0.25) is 5.91 Å². The number of amides is 1. The fourth-order valence-corrected chi connectivity index (χ4v) is 2.54. The largest absolute Gasteiger partial charge is 0.325 e. The number of halogens is 1. The Morgan fingerprint density at radius 3 is 2.42 bits per heavy atom. The van der Waals surface area contributed by atoms with Crippen molar-refractivity contribution in [3.8, 4) is 0 Å². The van der Waals surface area contributed by atoms with Crippen molar-refractivity contribution in [2.45, 2.75) is 18.3 Å². The third kappa shape index (κ3) is 2.36. The van der Waals surface area contributed by atoms with E-state index in [-0.39, 0.29) is 11.3 Å². The summed E-state index contributed by atoms with van der Waals surface area (Å²) >= 11 is 5.92. The quantitative estimate of drug-likeness (QED) is 0.898. The van der Waals surface area contributed by atoms with Gasteiger partial charge in [0.1, 0.15) is 0 Å². The van der Waals surface area contributed by atoms with Crippen molar-refractivity contribution in [1.29, 1.82) is 0 Å². The molecule has 2 nitrogen and oxygen atoms in total. The molecule has 1 fully saturated rings. The van der Waals surface area contributed by atoms with Crippen molar-refractivity contribution < 1.29 is 4.79 Å². The van der Waals surface area contributed by atoms with Crippen LogP contribution in [0.15, 0.2) is 54.6 Å². The number of rotatable bonds is 3. The molecule has 1 amide bonds. The molecule has 1 aliphatic rings. The zero-order valence-electron chi connectivity index (χ0n) is 10.4. The Kier molecular flexibility index (Phi) is 3.03. The second-order valence-electron chi connectivity index (χ2n) is 4.91. The van der Waals surface area contributed by atoms with Gasteiger partial charge in [-0.05, 0) is 36.6 Å². The van der Waals surface area contributed by atoms with E-state index in [0.29, 0.717) is 5.02 Å². The van der Waals surface area contributed by atoms with Gasteiger partial charge in [0.05, 0.1) is 5.41 Å². The van der Waals surface area contributed by atoms with Crippen LogP contribution in [0.4, 0.5) is 5.69 Å². The summed E-state index contributed by atoms with van der Waals surface area (Å²) in [6.07, 6.45) is 1.81. The molecule has 0 unspecified atom stereocenters. The Bertz CT molecular complexity index is 605. The Labute approximate surface area is 117 Å². The molecule has 2 aromatic carbocycles. The summed E-state index contributed by atoms with van der Waals surface area (Å²) < 4.78 is 0. The molecule has 1 saturated carbocycles. The third-order valence-corrected chi connectivity index (χ3v) is 3.83. The standard InChI is InChI=1S/C16H14ClNO/c17-13-7-4-8-14(11-13)18-15(19)16(9-10-16)12-5-2-1-3-6-12/h1-8,11H,9-10H2,(H,18,19). The predicted molar refractivity (Wildman–Crippen MR) is 77.4 cm³/mol. The van der Waals surface area contributed by atoms with Crippen LogP contribution in [0.3, 0.4) is 0 Å². The van der Waals surface area contributed by atoms with E-state index in [0.717, 1.165) is 24.1 Å². The fourth-order valence-electron chi connectivity index (χ4n) is 2.35. The van der Waals surface area contributed by atoms with Crippen molar-refractivity contribution in [3.05, 3.63) is 65.2 Å². The van der Waals surface area contributed by atoms with E-state index in [1.807, 2.05) is 42.5 Å². The zero-order chi connectivity index (χ0) is 13.3. The topological polar surface area (TPSA) is 29.1 Å². The van der Waals surface area contributed by atoms with Gasteiger partial charge in [0.15, 0.2) is 0 Å². The maximum absolute atomic E-state index is 12.5. The number of anilines is 1. The van der Waals surface area contributed by atoms with Crippen LogP contribution in [-0.4, -0.2) is 5.91 Å². The van der Waals surface area contributed by atoms with Crippen LogP contribution in [0.2, 0.25) is 5.02 Å². The molecular weight excluding hydrogens is 258 g/mol. The van der Waals surface area contributed by atoms with Gasteiger partial charge in [0.25, 0.3) is 0 Å². The smallest absolute Gasteiger partial charge is 0.235 e. The van der Waals surface area contributed by atoms with E-state index < -0.39 is 0 Å². The van der Waals surface area contributed by atoms with Gasteiger partial charge in [-0.1, -0.05) is 48.0 Å². The average molecular weight is 272 g/mol. The maximum Gasteiger partial charge on any atom is 0.235 e. The van der Waals surface area contributed by atoms with Crippen LogP contribution in [-0.2, 0) is 10.2 Å². The minimum absolute atomic E-state index is 0.0565. The molecule has 3 rings (SSSR count). The van der Waals surface area contributed by atoms with Gasteiger partial charge in [-0.2, -0.15) is 0 Å². The number of carbonyl (C=O) groups is 1. The first kappa shape index (κ1) is 12.2. The minimum atomic E-state index is -0.344. The molecule has 96 valence electrons. The molecule has 2 aromatic rings. The zero-order valence-corrected chi connectivity index (χ0v) is 11.2. The predicted octanol–water partition coefficient (Wildman–Crippen LogP) is 4.01. The number of hydrogen-bond acceptors (Lipinski definition) is 1. The van der Waals surface area contributed by atoms with Gasteiger partial charge in [-0.15, -0.1) is 0 Å². The molecule has 1 aliphatic carbocycles. The molecule has 3 heteroatoms. The highest BCUT2D eigenvalue weighted by Gasteiger charge is 2.51. The monoisotopic (exact) mass is 271 g/mol. The fraction of sp³-hybridized carbons (Fsp3) is 0.188.